The molecule has 2 aromatic heterocycles. The van der Waals surface area contributed by atoms with Crippen LogP contribution in [-0.4, -0.2) is 9.97 Å². The van der Waals surface area contributed by atoms with Crippen molar-refractivity contribution in [2.45, 2.75) is 0 Å². The van der Waals surface area contributed by atoms with E-state index in [9.17, 15) is 8.78 Å². The van der Waals surface area contributed by atoms with Crippen LogP contribution in [0.1, 0.15) is 0 Å². The number of rotatable bonds is 0. The molecule has 0 unspecified atom stereocenters. The molecule has 0 N–H and O–H groups in total. The molecule has 0 bridgehead atoms. The molecule has 0 spiro atoms. The van der Waals surface area contributed by atoms with Crippen LogP contribution in [0.2, 0.25) is 0 Å². The Morgan fingerprint density at radius 3 is 1.50 bits per heavy atom. The molecule has 3 aromatic carbocycles. The molecule has 5 rings (SSSR count). The van der Waals surface area contributed by atoms with Gasteiger partial charge in [0.25, 0.3) is 0 Å². The molecule has 0 saturated carbocycles. The lowest BCUT2D eigenvalue weighted by atomic mass is 9.98. The maximum atomic E-state index is 15.4. The predicted octanol–water partition coefficient (Wildman–Crippen LogP) is 4.44. The molecule has 0 saturated heterocycles. The Morgan fingerprint density at radius 2 is 0.944 bits per heavy atom. The van der Waals surface area contributed by atoms with Gasteiger partial charge in [-0.25, -0.2) is 36.3 Å². The van der Waals surface area contributed by atoms with Gasteiger partial charge < -0.3 is 0 Å². The first-order valence-corrected chi connectivity index (χ1v) is 10.9. The van der Waals surface area contributed by atoms with E-state index in [1.165, 1.54) is 24.3 Å². The molecule has 0 fully saturated rings. The van der Waals surface area contributed by atoms with Crippen LogP contribution in [0, 0.1) is 80.2 Å². The van der Waals surface area contributed by atoms with E-state index in [1.54, 1.807) is 0 Å². The SMILES string of the molecule is N#CC(C#N)=c1nc2c(s1)c(F)c(F)c1c(F)c(F)c3c4sc(=C(C#N)C#N)nc4c(F)c(F)c3c12. The summed E-state index contributed by atoms with van der Waals surface area (Å²) in [7, 11) is 0. The third kappa shape index (κ3) is 2.80. The Hall–Kier alpha value is -4.76. The van der Waals surface area contributed by atoms with Crippen molar-refractivity contribution in [3.8, 4) is 24.3 Å². The van der Waals surface area contributed by atoms with Gasteiger partial charge in [0.2, 0.25) is 0 Å². The fraction of sp³-hybridized carbons (Fsp3) is 0. The average molecular weight is 526 g/mol. The maximum Gasteiger partial charge on any atom is 0.186 e. The van der Waals surface area contributed by atoms with Gasteiger partial charge in [-0.05, 0) is 0 Å². The third-order valence-corrected chi connectivity index (χ3v) is 7.36. The largest absolute Gasteiger partial charge is 0.234 e. The molecular formula is C22F6N6S2. The molecule has 14 heteroatoms. The van der Waals surface area contributed by atoms with E-state index in [1.807, 2.05) is 0 Å². The van der Waals surface area contributed by atoms with Crippen molar-refractivity contribution >= 4 is 75.8 Å². The fourth-order valence-electron chi connectivity index (χ4n) is 3.72. The summed E-state index contributed by atoms with van der Waals surface area (Å²) in [5.41, 5.74) is -2.68. The minimum atomic E-state index is -1.94. The molecular weight excluding hydrogens is 526 g/mol. The summed E-state index contributed by atoms with van der Waals surface area (Å²) in [4.78, 5) is 7.53. The van der Waals surface area contributed by atoms with Crippen molar-refractivity contribution in [2.24, 2.45) is 0 Å². The second-order valence-electron chi connectivity index (χ2n) is 6.97. The van der Waals surface area contributed by atoms with Crippen LogP contribution in [0.25, 0.3) is 53.1 Å². The van der Waals surface area contributed by atoms with Crippen molar-refractivity contribution < 1.29 is 26.3 Å². The second kappa shape index (κ2) is 7.89. The number of halogens is 6. The van der Waals surface area contributed by atoms with Crippen LogP contribution in [0.3, 0.4) is 0 Å². The number of thiazole rings is 2. The fourth-order valence-corrected chi connectivity index (χ4v) is 5.72. The van der Waals surface area contributed by atoms with Crippen LogP contribution in [0.4, 0.5) is 26.3 Å². The quantitative estimate of drug-likeness (QED) is 0.217. The zero-order valence-corrected chi connectivity index (χ0v) is 18.4. The van der Waals surface area contributed by atoms with E-state index in [-0.39, 0.29) is 0 Å². The Morgan fingerprint density at radius 1 is 0.500 bits per heavy atom. The maximum absolute atomic E-state index is 15.4. The highest BCUT2D eigenvalue weighted by molar-refractivity contribution is 7.18. The van der Waals surface area contributed by atoms with Gasteiger partial charge in [0, 0.05) is 16.2 Å². The number of hydrogen-bond donors (Lipinski definition) is 0. The van der Waals surface area contributed by atoms with Crippen molar-refractivity contribution in [3.63, 3.8) is 0 Å². The number of aromatic nitrogens is 2. The van der Waals surface area contributed by atoms with Gasteiger partial charge in [-0.3, -0.25) is 0 Å². The normalized spacial score (nSPS) is 10.9. The molecule has 0 atom stereocenters. The van der Waals surface area contributed by atoms with E-state index in [4.69, 9.17) is 21.0 Å². The number of nitriles is 4. The lowest BCUT2D eigenvalue weighted by molar-refractivity contribution is 0.501. The van der Waals surface area contributed by atoms with Crippen LogP contribution in [0.5, 0.6) is 0 Å². The standard InChI is InChI=1S/C22F6N6S2/c23-11-7-8-9(13(25)16(28)20-17(8)33-21(36-20)5(1-29)2-30)12(24)14(26)10(7)19-18(15(11)27)34-22(35-19)6(3-31)4-32. The minimum Gasteiger partial charge on any atom is -0.234 e. The van der Waals surface area contributed by atoms with Gasteiger partial charge in [-0.2, -0.15) is 21.0 Å². The summed E-state index contributed by atoms with van der Waals surface area (Å²) < 4.78 is 88.8. The minimum absolute atomic E-state index is 0.331. The zero-order chi connectivity index (χ0) is 26.0. The van der Waals surface area contributed by atoms with Crippen molar-refractivity contribution in [3.05, 3.63) is 44.2 Å². The summed E-state index contributed by atoms with van der Waals surface area (Å²) in [6, 6.07) is 5.98. The molecule has 36 heavy (non-hydrogen) atoms. The second-order valence-corrected chi connectivity index (χ2v) is 8.97. The summed E-state index contributed by atoms with van der Waals surface area (Å²) in [6.45, 7) is 0. The van der Waals surface area contributed by atoms with Crippen molar-refractivity contribution in [2.75, 3.05) is 0 Å². The van der Waals surface area contributed by atoms with Gasteiger partial charge in [-0.1, -0.05) is 0 Å². The Kier molecular flexibility index (Phi) is 5.04. The van der Waals surface area contributed by atoms with Gasteiger partial charge in [-0.15, -0.1) is 22.7 Å². The number of nitrogens with zero attached hydrogens (tertiary/aromatic N) is 6. The molecule has 6 nitrogen and oxygen atoms in total. The number of hydrogen-bond acceptors (Lipinski definition) is 8. The van der Waals surface area contributed by atoms with Crippen LogP contribution >= 0.6 is 22.7 Å². The first kappa shape index (κ1) is 23.0. The highest BCUT2D eigenvalue weighted by Crippen LogP contribution is 2.43. The topological polar surface area (TPSA) is 121 Å². The van der Waals surface area contributed by atoms with E-state index in [2.05, 4.69) is 9.97 Å². The first-order chi connectivity index (χ1) is 17.2. The van der Waals surface area contributed by atoms with Gasteiger partial charge >= 0.3 is 0 Å². The van der Waals surface area contributed by atoms with Crippen LogP contribution in [0.15, 0.2) is 0 Å². The summed E-state index contributed by atoms with van der Waals surface area (Å²) in [5, 5.41) is 32.2. The Bertz CT molecular complexity index is 2140. The first-order valence-electron chi connectivity index (χ1n) is 9.24. The van der Waals surface area contributed by atoms with Crippen LogP contribution < -0.4 is 9.33 Å². The van der Waals surface area contributed by atoms with E-state index < -0.39 is 97.4 Å². The summed E-state index contributed by atoms with van der Waals surface area (Å²) in [6.07, 6.45) is 0. The van der Waals surface area contributed by atoms with E-state index in [0.717, 1.165) is 0 Å². The molecule has 0 aliphatic rings. The molecule has 0 amide bonds. The summed E-state index contributed by atoms with van der Waals surface area (Å²) >= 11 is 0.717. The molecule has 0 aliphatic heterocycles. The van der Waals surface area contributed by atoms with Gasteiger partial charge in [0.1, 0.15) is 39.1 Å². The van der Waals surface area contributed by atoms with E-state index >= 15 is 17.6 Å². The molecule has 2 heterocycles. The summed E-state index contributed by atoms with van der Waals surface area (Å²) in [5.74, 6) is -10.9. The predicted molar refractivity (Wildman–Crippen MR) is 116 cm³/mol. The Balaban J connectivity index is 2.22. The highest BCUT2D eigenvalue weighted by Gasteiger charge is 2.31. The lowest BCUT2D eigenvalue weighted by Gasteiger charge is -2.12. The van der Waals surface area contributed by atoms with Gasteiger partial charge in [0.05, 0.1) is 20.3 Å². The average Bonchev–Trinajstić information content (AvgIpc) is 3.50. The third-order valence-electron chi connectivity index (χ3n) is 5.21. The highest BCUT2D eigenvalue weighted by atomic mass is 32.1. The molecule has 0 radical (unpaired) electrons. The smallest absolute Gasteiger partial charge is 0.186 e. The Labute approximate surface area is 201 Å². The lowest BCUT2D eigenvalue weighted by Crippen LogP contribution is -2.03. The van der Waals surface area contributed by atoms with Crippen LogP contribution in [-0.2, 0) is 0 Å². The molecule has 5 aromatic rings. The number of fused-ring (bicyclic) bond motifs is 7. The van der Waals surface area contributed by atoms with E-state index in [0.29, 0.717) is 22.7 Å². The monoisotopic (exact) mass is 526 g/mol. The number of benzene rings is 3. The zero-order valence-electron chi connectivity index (χ0n) is 16.8. The molecule has 172 valence electrons. The van der Waals surface area contributed by atoms with Gasteiger partial charge in [0.15, 0.2) is 46.0 Å². The van der Waals surface area contributed by atoms with Crippen molar-refractivity contribution in [1.29, 1.82) is 21.0 Å². The van der Waals surface area contributed by atoms with Crippen molar-refractivity contribution in [1.82, 2.24) is 9.97 Å². The molecule has 0 aliphatic carbocycles.